The fourth-order valence-electron chi connectivity index (χ4n) is 6.68. The zero-order chi connectivity index (χ0) is 31.3. The molecule has 1 unspecified atom stereocenters. The predicted molar refractivity (Wildman–Crippen MR) is 163 cm³/mol. The number of imide groups is 1. The summed E-state index contributed by atoms with van der Waals surface area (Å²) in [7, 11) is 0. The predicted octanol–water partition coefficient (Wildman–Crippen LogP) is 2.17. The maximum atomic E-state index is 14.2. The van der Waals surface area contributed by atoms with Gasteiger partial charge in [-0.15, -0.1) is 0 Å². The molecule has 0 aliphatic carbocycles. The Kier molecular flexibility index (Phi) is 6.21. The topological polar surface area (TPSA) is 201 Å². The number of aromatic nitrogens is 2. The number of aliphatic hydroxyl groups is 4. The molecule has 0 bridgehead atoms. The van der Waals surface area contributed by atoms with E-state index in [9.17, 15) is 40.2 Å². The largest absolute Gasteiger partial charge is 0.508 e. The number of ether oxygens (including phenoxy) is 1. The molecule has 8 rings (SSSR count). The van der Waals surface area contributed by atoms with Crippen LogP contribution in [0.1, 0.15) is 32.5 Å². The minimum Gasteiger partial charge on any atom is -0.508 e. The lowest BCUT2D eigenvalue weighted by atomic mass is 9.96. The van der Waals surface area contributed by atoms with Crippen molar-refractivity contribution < 1.29 is 45.0 Å². The first-order valence-corrected chi connectivity index (χ1v) is 15.0. The molecule has 230 valence electrons. The number of nitrogens with zero attached hydrogens (tertiary/aromatic N) is 2. The van der Waals surface area contributed by atoms with Gasteiger partial charge in [0, 0.05) is 40.2 Å². The monoisotopic (exact) mass is 630 g/mol. The summed E-state index contributed by atoms with van der Waals surface area (Å²) in [5.41, 5.74) is 5.44. The molecule has 5 heterocycles. The Bertz CT molecular complexity index is 2190. The Morgan fingerprint density at radius 3 is 2.31 bits per heavy atom. The summed E-state index contributed by atoms with van der Waals surface area (Å²) < 4.78 is 7.48. The number of aromatic hydroxyl groups is 2. The number of aliphatic hydroxyl groups excluding tert-OH is 4. The van der Waals surface area contributed by atoms with E-state index in [1.165, 1.54) is 40.2 Å². The zero-order valence-electron chi connectivity index (χ0n) is 23.2. The minimum atomic E-state index is -1.71. The van der Waals surface area contributed by atoms with Gasteiger partial charge in [0.05, 0.1) is 39.8 Å². The van der Waals surface area contributed by atoms with E-state index in [2.05, 4.69) is 10.4 Å². The second kappa shape index (κ2) is 9.98. The number of amides is 2. The Balaban J connectivity index is 1.49. The van der Waals surface area contributed by atoms with Gasteiger partial charge in [0.1, 0.15) is 35.9 Å². The molecule has 3 aromatic heterocycles. The summed E-state index contributed by atoms with van der Waals surface area (Å²) >= 11 is 1.48. The highest BCUT2D eigenvalue weighted by Gasteiger charge is 2.47. The summed E-state index contributed by atoms with van der Waals surface area (Å²) in [6.07, 6.45) is -7.70. The lowest BCUT2D eigenvalue weighted by molar-refractivity contribution is -0.249. The molecule has 6 aromatic rings. The van der Waals surface area contributed by atoms with Crippen molar-refractivity contribution in [3.63, 3.8) is 0 Å². The number of phenols is 2. The summed E-state index contributed by atoms with van der Waals surface area (Å²) in [4.78, 5) is 31.6. The van der Waals surface area contributed by atoms with Gasteiger partial charge < -0.3 is 44.9 Å². The van der Waals surface area contributed by atoms with E-state index < -0.39 is 49.1 Å². The van der Waals surface area contributed by atoms with Crippen molar-refractivity contribution >= 4 is 66.8 Å². The number of nitrogens with one attached hydrogen (secondary N) is 2. The molecule has 0 saturated carbocycles. The van der Waals surface area contributed by atoms with Crippen LogP contribution in [0.4, 0.5) is 0 Å². The van der Waals surface area contributed by atoms with Crippen molar-refractivity contribution in [3.8, 4) is 11.5 Å². The van der Waals surface area contributed by atoms with E-state index >= 15 is 0 Å². The van der Waals surface area contributed by atoms with Crippen LogP contribution in [0.2, 0.25) is 0 Å². The van der Waals surface area contributed by atoms with Gasteiger partial charge in [-0.25, -0.2) is 10.4 Å². The third-order valence-electron chi connectivity index (χ3n) is 8.73. The minimum absolute atomic E-state index is 0.0391. The molecule has 5 atom stereocenters. The first-order chi connectivity index (χ1) is 21.7. The van der Waals surface area contributed by atoms with Crippen LogP contribution in [-0.2, 0) is 11.3 Å². The van der Waals surface area contributed by atoms with E-state index in [0.717, 1.165) is 10.6 Å². The molecule has 3 aromatic carbocycles. The number of thiophene rings is 1. The van der Waals surface area contributed by atoms with Crippen molar-refractivity contribution in [1.29, 1.82) is 0 Å². The third-order valence-corrected chi connectivity index (χ3v) is 9.47. The van der Waals surface area contributed by atoms with Crippen LogP contribution in [0.25, 0.3) is 43.6 Å². The summed E-state index contributed by atoms with van der Waals surface area (Å²) in [6, 6.07) is 10.8. The smallest absolute Gasteiger partial charge is 0.276 e. The number of rotatable bonds is 5. The number of aromatic amines is 1. The normalized spacial score (nSPS) is 23.7. The van der Waals surface area contributed by atoms with Crippen LogP contribution < -0.4 is 5.43 Å². The molecule has 1 saturated heterocycles. The van der Waals surface area contributed by atoms with Crippen LogP contribution in [0.15, 0.2) is 53.2 Å². The number of hydrazine groups is 1. The Morgan fingerprint density at radius 2 is 1.60 bits per heavy atom. The van der Waals surface area contributed by atoms with Gasteiger partial charge in [-0.05, 0) is 46.7 Å². The average Bonchev–Trinajstić information content (AvgIpc) is 3.79. The van der Waals surface area contributed by atoms with Crippen molar-refractivity contribution in [2.75, 3.05) is 6.61 Å². The molecule has 8 N–H and O–H groups in total. The number of hydrogen-bond acceptors (Lipinski definition) is 11. The molecule has 1 fully saturated rings. The van der Waals surface area contributed by atoms with Crippen LogP contribution in [0.3, 0.4) is 0 Å². The van der Waals surface area contributed by atoms with Gasteiger partial charge in [0.15, 0.2) is 6.23 Å². The van der Waals surface area contributed by atoms with Crippen LogP contribution in [0.5, 0.6) is 11.5 Å². The average molecular weight is 631 g/mol. The number of carbonyl (C=O) groups is 2. The summed E-state index contributed by atoms with van der Waals surface area (Å²) in [6.45, 7) is -0.457. The van der Waals surface area contributed by atoms with E-state index in [-0.39, 0.29) is 34.7 Å². The highest BCUT2D eigenvalue weighted by Crippen LogP contribution is 2.47. The summed E-state index contributed by atoms with van der Waals surface area (Å²) in [5.74, 6) is -1.39. The van der Waals surface area contributed by atoms with E-state index in [1.54, 1.807) is 12.1 Å². The number of phenolic OH excluding ortho intramolecular Hbond substituents is 2. The van der Waals surface area contributed by atoms with Crippen LogP contribution in [0, 0.1) is 0 Å². The first-order valence-electron chi connectivity index (χ1n) is 14.1. The Hall–Kier alpha value is -4.54. The fourth-order valence-corrected chi connectivity index (χ4v) is 7.35. The molecular formula is C31H26N4O9S. The maximum absolute atomic E-state index is 14.2. The quantitative estimate of drug-likeness (QED) is 0.131. The molecule has 45 heavy (non-hydrogen) atoms. The SMILES string of the molecule is O=C1c2c(c3c4ccc(O)cc4n(C4O[C@@H](CO)[C@H](O)[C@@H](O)[C@@H]4O)c3c3[nH]c4cc(O)ccc4c23)C(=O)N1NCc1ccsc1. The lowest BCUT2D eigenvalue weighted by Crippen LogP contribution is -2.56. The van der Waals surface area contributed by atoms with Crippen molar-refractivity contribution in [2.24, 2.45) is 0 Å². The fraction of sp³-hybridized carbons (Fsp3) is 0.226. The van der Waals surface area contributed by atoms with Crippen molar-refractivity contribution in [3.05, 3.63) is 69.9 Å². The van der Waals surface area contributed by atoms with E-state index in [0.29, 0.717) is 38.1 Å². The van der Waals surface area contributed by atoms with E-state index in [4.69, 9.17) is 4.74 Å². The molecule has 2 amide bonds. The Morgan fingerprint density at radius 1 is 0.889 bits per heavy atom. The highest BCUT2D eigenvalue weighted by molar-refractivity contribution is 7.07. The lowest BCUT2D eigenvalue weighted by Gasteiger charge is -2.41. The molecule has 0 spiro atoms. The van der Waals surface area contributed by atoms with Crippen LogP contribution >= 0.6 is 11.3 Å². The molecule has 0 radical (unpaired) electrons. The van der Waals surface area contributed by atoms with Gasteiger partial charge >= 0.3 is 0 Å². The molecule has 13 nitrogen and oxygen atoms in total. The zero-order valence-corrected chi connectivity index (χ0v) is 24.0. The van der Waals surface area contributed by atoms with Crippen LogP contribution in [-0.4, -0.2) is 88.0 Å². The number of benzene rings is 3. The van der Waals surface area contributed by atoms with Crippen molar-refractivity contribution in [2.45, 2.75) is 37.2 Å². The van der Waals surface area contributed by atoms with Gasteiger partial charge in [-0.2, -0.15) is 11.3 Å². The van der Waals surface area contributed by atoms with Crippen molar-refractivity contribution in [1.82, 2.24) is 20.0 Å². The van der Waals surface area contributed by atoms with Gasteiger partial charge in [-0.3, -0.25) is 9.59 Å². The number of hydrogen-bond donors (Lipinski definition) is 8. The van der Waals surface area contributed by atoms with Gasteiger partial charge in [-0.1, -0.05) is 0 Å². The highest BCUT2D eigenvalue weighted by atomic mass is 32.1. The second-order valence-electron chi connectivity index (χ2n) is 11.3. The van der Waals surface area contributed by atoms with Gasteiger partial charge in [0.2, 0.25) is 0 Å². The molecule has 14 heteroatoms. The van der Waals surface area contributed by atoms with E-state index in [1.807, 2.05) is 16.8 Å². The summed E-state index contributed by atoms with van der Waals surface area (Å²) in [5, 5.41) is 69.7. The Labute approximate surface area is 256 Å². The maximum Gasteiger partial charge on any atom is 0.276 e. The molecular weight excluding hydrogens is 604 g/mol. The number of fused-ring (bicyclic) bond motifs is 10. The third kappa shape index (κ3) is 3.88. The second-order valence-corrected chi connectivity index (χ2v) is 12.1. The molecule has 2 aliphatic heterocycles. The number of H-pyrrole nitrogens is 1. The molecule has 2 aliphatic rings. The van der Waals surface area contributed by atoms with Gasteiger partial charge in [0.25, 0.3) is 11.8 Å². The number of carbonyl (C=O) groups excluding carboxylic acids is 2. The first kappa shape index (κ1) is 28.0. The standard InChI is InChI=1S/C31H26N4O9S/c36-10-19-26(39)27(40)28(41)31(44-19)34-18-8-14(38)2-4-16(18)21-23-22(29(42)35(30(23)43)32-9-12-5-6-45-11-12)20-15-3-1-13(37)7-17(15)33-24(20)25(21)34/h1-8,11,19,26-28,31-33,36-41H,9-10H2/t19-,26-,27+,28-,31?/m0/s1.